The quantitative estimate of drug-likeness (QED) is 0.685. The monoisotopic (exact) mass is 273 g/mol. The van der Waals surface area contributed by atoms with Gasteiger partial charge in [0.25, 0.3) is 0 Å². The molecule has 0 rings (SSSR count). The van der Waals surface area contributed by atoms with Crippen molar-refractivity contribution in [3.05, 3.63) is 0 Å². The maximum Gasteiger partial charge on any atom is 0.410 e. The molecule has 0 bridgehead atoms. The van der Waals surface area contributed by atoms with E-state index in [4.69, 9.17) is 4.74 Å². The Morgan fingerprint density at radius 3 is 2.21 bits per heavy atom. The standard InChI is InChI=1S/C14H31N3O2/c1-14(2,3)19-13(18)17(6)12-8-11-16(5)10-7-9-15-4/h15H,7-12H2,1-6H3. The second-order valence-corrected chi connectivity index (χ2v) is 6.02. The van der Waals surface area contributed by atoms with Crippen LogP contribution < -0.4 is 5.32 Å². The zero-order valence-electron chi connectivity index (χ0n) is 13.5. The first kappa shape index (κ1) is 18.2. The Kier molecular flexibility index (Phi) is 8.76. The first-order valence-corrected chi connectivity index (χ1v) is 7.03. The summed E-state index contributed by atoms with van der Waals surface area (Å²) in [6.45, 7) is 9.50. The molecule has 0 aromatic heterocycles. The molecule has 0 fully saturated rings. The fraction of sp³-hybridized carbons (Fsp3) is 0.929. The van der Waals surface area contributed by atoms with Gasteiger partial charge >= 0.3 is 6.09 Å². The molecule has 114 valence electrons. The molecule has 0 saturated heterocycles. The molecule has 1 N–H and O–H groups in total. The van der Waals surface area contributed by atoms with Crippen LogP contribution in [0.25, 0.3) is 0 Å². The van der Waals surface area contributed by atoms with Gasteiger partial charge in [-0.2, -0.15) is 0 Å². The Hall–Kier alpha value is -0.810. The number of hydrogen-bond acceptors (Lipinski definition) is 4. The molecule has 0 aromatic rings. The van der Waals surface area contributed by atoms with Crippen molar-refractivity contribution in [1.29, 1.82) is 0 Å². The van der Waals surface area contributed by atoms with Gasteiger partial charge in [0.15, 0.2) is 0 Å². The van der Waals surface area contributed by atoms with Crippen molar-refractivity contribution in [2.24, 2.45) is 0 Å². The van der Waals surface area contributed by atoms with Crippen LogP contribution in [0.5, 0.6) is 0 Å². The molecule has 0 unspecified atom stereocenters. The summed E-state index contributed by atoms with van der Waals surface area (Å²) in [5.74, 6) is 0. The van der Waals surface area contributed by atoms with Gasteiger partial charge in [-0.3, -0.25) is 0 Å². The van der Waals surface area contributed by atoms with Crippen LogP contribution in [0.1, 0.15) is 33.6 Å². The molecule has 0 aliphatic rings. The van der Waals surface area contributed by atoms with Crippen LogP contribution in [0.4, 0.5) is 4.79 Å². The molecule has 0 radical (unpaired) electrons. The van der Waals surface area contributed by atoms with E-state index in [1.165, 1.54) is 0 Å². The average molecular weight is 273 g/mol. The van der Waals surface area contributed by atoms with Gasteiger partial charge in [0.2, 0.25) is 0 Å². The maximum atomic E-state index is 11.7. The van der Waals surface area contributed by atoms with Crippen molar-refractivity contribution in [3.63, 3.8) is 0 Å². The highest BCUT2D eigenvalue weighted by Gasteiger charge is 2.19. The van der Waals surface area contributed by atoms with Gasteiger partial charge in [0.05, 0.1) is 0 Å². The summed E-state index contributed by atoms with van der Waals surface area (Å²) in [4.78, 5) is 15.7. The molecule has 0 heterocycles. The number of nitrogens with one attached hydrogen (secondary N) is 1. The topological polar surface area (TPSA) is 44.8 Å². The van der Waals surface area contributed by atoms with E-state index in [-0.39, 0.29) is 6.09 Å². The first-order valence-electron chi connectivity index (χ1n) is 7.03. The predicted octanol–water partition coefficient (Wildman–Crippen LogP) is 1.78. The van der Waals surface area contributed by atoms with Crippen molar-refractivity contribution in [1.82, 2.24) is 15.1 Å². The van der Waals surface area contributed by atoms with E-state index in [2.05, 4.69) is 17.3 Å². The fourth-order valence-electron chi connectivity index (χ4n) is 1.65. The summed E-state index contributed by atoms with van der Waals surface area (Å²) < 4.78 is 5.30. The number of nitrogens with zero attached hydrogens (tertiary/aromatic N) is 2. The van der Waals surface area contributed by atoms with E-state index in [1.807, 2.05) is 27.8 Å². The summed E-state index contributed by atoms with van der Waals surface area (Å²) in [5, 5.41) is 3.14. The lowest BCUT2D eigenvalue weighted by atomic mass is 10.2. The number of hydrogen-bond donors (Lipinski definition) is 1. The van der Waals surface area contributed by atoms with Gasteiger partial charge in [-0.25, -0.2) is 4.79 Å². The van der Waals surface area contributed by atoms with Crippen LogP contribution in [0, 0.1) is 0 Å². The molecule has 1 amide bonds. The largest absolute Gasteiger partial charge is 0.444 e. The van der Waals surface area contributed by atoms with E-state index in [0.717, 1.165) is 39.0 Å². The molecule has 5 heteroatoms. The zero-order chi connectivity index (χ0) is 14.9. The Morgan fingerprint density at radius 2 is 1.68 bits per heavy atom. The number of carbonyl (C=O) groups excluding carboxylic acids is 1. The van der Waals surface area contributed by atoms with Crippen LogP contribution in [0.2, 0.25) is 0 Å². The Balaban J connectivity index is 3.73. The third-order valence-corrected chi connectivity index (χ3v) is 2.71. The highest BCUT2D eigenvalue weighted by molar-refractivity contribution is 5.67. The van der Waals surface area contributed by atoms with Gasteiger partial charge in [-0.05, 0) is 67.3 Å². The summed E-state index contributed by atoms with van der Waals surface area (Å²) in [6, 6.07) is 0. The minimum Gasteiger partial charge on any atom is -0.444 e. The minimum atomic E-state index is -0.421. The van der Waals surface area contributed by atoms with Crippen LogP contribution in [-0.4, -0.2) is 68.8 Å². The summed E-state index contributed by atoms with van der Waals surface area (Å²) >= 11 is 0. The number of amides is 1. The smallest absolute Gasteiger partial charge is 0.410 e. The number of ether oxygens (including phenoxy) is 1. The lowest BCUT2D eigenvalue weighted by molar-refractivity contribution is 0.0293. The second kappa shape index (κ2) is 9.15. The third-order valence-electron chi connectivity index (χ3n) is 2.71. The van der Waals surface area contributed by atoms with E-state index in [9.17, 15) is 4.79 Å². The van der Waals surface area contributed by atoms with Crippen LogP contribution in [0.3, 0.4) is 0 Å². The van der Waals surface area contributed by atoms with Gasteiger partial charge in [-0.1, -0.05) is 0 Å². The fourth-order valence-corrected chi connectivity index (χ4v) is 1.65. The average Bonchev–Trinajstić information content (AvgIpc) is 2.27. The first-order chi connectivity index (χ1) is 8.76. The van der Waals surface area contributed by atoms with E-state index < -0.39 is 5.60 Å². The SMILES string of the molecule is CNCCCN(C)CCCN(C)C(=O)OC(C)(C)C. The van der Waals surface area contributed by atoms with Crippen LogP contribution >= 0.6 is 0 Å². The van der Waals surface area contributed by atoms with Crippen molar-refractivity contribution in [2.45, 2.75) is 39.2 Å². The summed E-state index contributed by atoms with van der Waals surface area (Å²) in [6.07, 6.45) is 1.87. The van der Waals surface area contributed by atoms with Crippen molar-refractivity contribution < 1.29 is 9.53 Å². The Labute approximate surface area is 118 Å². The van der Waals surface area contributed by atoms with E-state index in [0.29, 0.717) is 0 Å². The van der Waals surface area contributed by atoms with Crippen molar-refractivity contribution in [3.8, 4) is 0 Å². The number of rotatable bonds is 8. The van der Waals surface area contributed by atoms with Gasteiger partial charge in [-0.15, -0.1) is 0 Å². The highest BCUT2D eigenvalue weighted by atomic mass is 16.6. The van der Waals surface area contributed by atoms with Gasteiger partial charge in [0.1, 0.15) is 5.60 Å². The van der Waals surface area contributed by atoms with Crippen molar-refractivity contribution >= 4 is 6.09 Å². The molecular weight excluding hydrogens is 242 g/mol. The molecule has 0 aromatic carbocycles. The molecular formula is C14H31N3O2. The summed E-state index contributed by atoms with van der Waals surface area (Å²) in [5.41, 5.74) is -0.421. The lowest BCUT2D eigenvalue weighted by Crippen LogP contribution is -2.35. The summed E-state index contributed by atoms with van der Waals surface area (Å²) in [7, 11) is 5.87. The maximum absolute atomic E-state index is 11.7. The third kappa shape index (κ3) is 10.8. The molecule has 0 atom stereocenters. The minimum absolute atomic E-state index is 0.245. The lowest BCUT2D eigenvalue weighted by Gasteiger charge is -2.25. The van der Waals surface area contributed by atoms with E-state index in [1.54, 1.807) is 11.9 Å². The zero-order valence-corrected chi connectivity index (χ0v) is 13.5. The molecule has 0 spiro atoms. The molecule has 0 aliphatic carbocycles. The molecule has 5 nitrogen and oxygen atoms in total. The second-order valence-electron chi connectivity index (χ2n) is 6.02. The Morgan fingerprint density at radius 1 is 1.11 bits per heavy atom. The van der Waals surface area contributed by atoms with E-state index >= 15 is 0 Å². The normalized spacial score (nSPS) is 11.7. The van der Waals surface area contributed by atoms with Gasteiger partial charge in [0, 0.05) is 13.6 Å². The molecule has 0 saturated carbocycles. The predicted molar refractivity (Wildman–Crippen MR) is 79.5 cm³/mol. The van der Waals surface area contributed by atoms with Crippen LogP contribution in [0.15, 0.2) is 0 Å². The Bertz CT molecular complexity index is 252. The van der Waals surface area contributed by atoms with Crippen LogP contribution in [-0.2, 0) is 4.74 Å². The van der Waals surface area contributed by atoms with Gasteiger partial charge < -0.3 is 19.9 Å². The molecule has 19 heavy (non-hydrogen) atoms. The highest BCUT2D eigenvalue weighted by Crippen LogP contribution is 2.09. The molecule has 0 aliphatic heterocycles. The number of carbonyl (C=O) groups is 1. The van der Waals surface area contributed by atoms with Crippen molar-refractivity contribution in [2.75, 3.05) is 47.3 Å².